The monoisotopic (exact) mass is 334 g/mol. The maximum absolute atomic E-state index is 12.8. The minimum Gasteiger partial charge on any atom is -0.497 e. The Morgan fingerprint density at radius 2 is 1.76 bits per heavy atom. The van der Waals surface area contributed by atoms with Crippen LogP contribution in [0.2, 0.25) is 0 Å². The molecule has 0 aromatic heterocycles. The highest BCUT2D eigenvalue weighted by molar-refractivity contribution is 6.29. The zero-order chi connectivity index (χ0) is 17.4. The van der Waals surface area contributed by atoms with E-state index >= 15 is 0 Å². The number of hydrogen-bond acceptors (Lipinski definition) is 4. The van der Waals surface area contributed by atoms with Gasteiger partial charge in [-0.2, -0.15) is 0 Å². The van der Waals surface area contributed by atoms with Crippen LogP contribution >= 0.6 is 0 Å². The lowest BCUT2D eigenvalue weighted by Gasteiger charge is -2.20. The molecule has 1 fully saturated rings. The lowest BCUT2D eigenvalue weighted by Crippen LogP contribution is -2.33. The lowest BCUT2D eigenvalue weighted by atomic mass is 10.1. The molecule has 5 nitrogen and oxygen atoms in total. The molecule has 5 heteroatoms. The van der Waals surface area contributed by atoms with E-state index in [1.165, 1.54) is 4.90 Å². The second kappa shape index (κ2) is 6.09. The number of imide groups is 1. The topological polar surface area (TPSA) is 49.9 Å². The van der Waals surface area contributed by atoms with Gasteiger partial charge in [-0.25, -0.2) is 4.90 Å². The van der Waals surface area contributed by atoms with Gasteiger partial charge in [0.25, 0.3) is 5.91 Å². The van der Waals surface area contributed by atoms with E-state index in [1.54, 1.807) is 31.4 Å². The Hall–Kier alpha value is -3.08. The Morgan fingerprint density at radius 1 is 1.04 bits per heavy atom. The van der Waals surface area contributed by atoms with Crippen molar-refractivity contribution in [2.45, 2.75) is 6.54 Å². The maximum atomic E-state index is 12.8. The van der Waals surface area contributed by atoms with Gasteiger partial charge in [0.1, 0.15) is 5.75 Å². The van der Waals surface area contributed by atoms with E-state index < -0.39 is 0 Å². The zero-order valence-corrected chi connectivity index (χ0v) is 13.9. The highest BCUT2D eigenvalue weighted by Crippen LogP contribution is 2.36. The first-order valence-corrected chi connectivity index (χ1v) is 8.19. The van der Waals surface area contributed by atoms with Crippen molar-refractivity contribution in [2.75, 3.05) is 18.6 Å². The maximum Gasteiger partial charge on any atom is 0.263 e. The van der Waals surface area contributed by atoms with Crippen LogP contribution in [0.25, 0.3) is 0 Å². The molecule has 1 atom stereocenters. The number of ether oxygens (including phenoxy) is 1. The summed E-state index contributed by atoms with van der Waals surface area (Å²) in [5, 5.41) is 0. The SMILES string of the molecule is COc1ccc(N2C(=O)C3=CN(Cc4ccccc4)CC3C2=O)cc1. The van der Waals surface area contributed by atoms with E-state index in [1.807, 2.05) is 41.4 Å². The predicted octanol–water partition coefficient (Wildman–Crippen LogP) is 2.58. The molecule has 25 heavy (non-hydrogen) atoms. The van der Waals surface area contributed by atoms with Crippen LogP contribution in [0.5, 0.6) is 5.75 Å². The zero-order valence-electron chi connectivity index (χ0n) is 13.9. The van der Waals surface area contributed by atoms with Gasteiger partial charge in [-0.15, -0.1) is 0 Å². The van der Waals surface area contributed by atoms with Crippen molar-refractivity contribution in [1.82, 2.24) is 4.90 Å². The largest absolute Gasteiger partial charge is 0.497 e. The Kier molecular flexibility index (Phi) is 3.76. The minimum absolute atomic E-state index is 0.156. The van der Waals surface area contributed by atoms with Crippen molar-refractivity contribution in [3.63, 3.8) is 0 Å². The fraction of sp³-hybridized carbons (Fsp3) is 0.200. The average molecular weight is 334 g/mol. The van der Waals surface area contributed by atoms with Gasteiger partial charge >= 0.3 is 0 Å². The second-order valence-corrected chi connectivity index (χ2v) is 6.23. The Balaban J connectivity index is 1.55. The van der Waals surface area contributed by atoms with Gasteiger partial charge in [-0.3, -0.25) is 9.59 Å². The molecule has 0 N–H and O–H groups in total. The molecule has 0 radical (unpaired) electrons. The molecule has 4 rings (SSSR count). The quantitative estimate of drug-likeness (QED) is 0.807. The number of hydrogen-bond donors (Lipinski definition) is 0. The van der Waals surface area contributed by atoms with Gasteiger partial charge in [-0.1, -0.05) is 30.3 Å². The number of carbonyl (C=O) groups is 2. The van der Waals surface area contributed by atoms with Crippen LogP contribution < -0.4 is 9.64 Å². The van der Waals surface area contributed by atoms with Crippen molar-refractivity contribution < 1.29 is 14.3 Å². The van der Waals surface area contributed by atoms with Gasteiger partial charge in [0.15, 0.2) is 0 Å². The van der Waals surface area contributed by atoms with E-state index in [0.717, 1.165) is 5.56 Å². The Morgan fingerprint density at radius 3 is 2.40 bits per heavy atom. The highest BCUT2D eigenvalue weighted by Gasteiger charge is 2.47. The standard InChI is InChI=1S/C20H18N2O3/c1-25-16-9-7-15(8-10-16)22-19(23)17-12-21(13-18(17)20(22)24)11-14-5-3-2-4-6-14/h2-10,12,18H,11,13H2,1H3. The number of fused-ring (bicyclic) bond motifs is 1. The third kappa shape index (κ3) is 2.67. The molecular formula is C20H18N2O3. The van der Waals surface area contributed by atoms with Crippen molar-refractivity contribution in [2.24, 2.45) is 5.92 Å². The van der Waals surface area contributed by atoms with Crippen LogP contribution in [0, 0.1) is 5.92 Å². The summed E-state index contributed by atoms with van der Waals surface area (Å²) in [7, 11) is 1.58. The molecule has 2 heterocycles. The molecule has 2 aromatic rings. The van der Waals surface area contributed by atoms with Crippen molar-refractivity contribution in [1.29, 1.82) is 0 Å². The van der Waals surface area contributed by atoms with E-state index in [2.05, 4.69) is 0 Å². The second-order valence-electron chi connectivity index (χ2n) is 6.23. The van der Waals surface area contributed by atoms with Gasteiger partial charge in [0.2, 0.25) is 5.91 Å². The molecule has 0 bridgehead atoms. The summed E-state index contributed by atoms with van der Waals surface area (Å²) in [6, 6.07) is 17.0. The molecule has 0 saturated carbocycles. The van der Waals surface area contributed by atoms with Crippen LogP contribution in [-0.2, 0) is 16.1 Å². The van der Waals surface area contributed by atoms with E-state index in [-0.39, 0.29) is 17.7 Å². The summed E-state index contributed by atoms with van der Waals surface area (Å²) in [6.07, 6.45) is 1.83. The van der Waals surface area contributed by atoms with E-state index in [4.69, 9.17) is 4.74 Å². The predicted molar refractivity (Wildman–Crippen MR) is 93.9 cm³/mol. The van der Waals surface area contributed by atoms with Gasteiger partial charge < -0.3 is 9.64 Å². The molecule has 126 valence electrons. The smallest absolute Gasteiger partial charge is 0.263 e. The first kappa shape index (κ1) is 15.4. The van der Waals surface area contributed by atoms with E-state index in [0.29, 0.717) is 30.1 Å². The number of methoxy groups -OCH3 is 1. The van der Waals surface area contributed by atoms with Crippen LogP contribution in [0.3, 0.4) is 0 Å². The number of rotatable bonds is 4. The molecular weight excluding hydrogens is 316 g/mol. The Labute approximate surface area is 146 Å². The summed E-state index contributed by atoms with van der Waals surface area (Å²) >= 11 is 0. The normalized spacial score (nSPS) is 19.2. The lowest BCUT2D eigenvalue weighted by molar-refractivity contribution is -0.122. The first-order chi connectivity index (χ1) is 12.2. The van der Waals surface area contributed by atoms with Gasteiger partial charge in [0.05, 0.1) is 18.7 Å². The summed E-state index contributed by atoms with van der Waals surface area (Å²) in [5.74, 6) is -0.0673. The highest BCUT2D eigenvalue weighted by atomic mass is 16.5. The number of benzene rings is 2. The molecule has 1 saturated heterocycles. The minimum atomic E-state index is -0.377. The molecule has 1 unspecified atom stereocenters. The number of nitrogens with zero attached hydrogens (tertiary/aromatic N) is 2. The third-order valence-corrected chi connectivity index (χ3v) is 4.64. The van der Waals surface area contributed by atoms with Gasteiger partial charge in [-0.05, 0) is 29.8 Å². The van der Waals surface area contributed by atoms with Crippen LogP contribution in [0.15, 0.2) is 66.4 Å². The molecule has 2 aromatic carbocycles. The van der Waals surface area contributed by atoms with Crippen molar-refractivity contribution in [3.8, 4) is 5.75 Å². The molecule has 2 amide bonds. The van der Waals surface area contributed by atoms with Crippen LogP contribution in [0.4, 0.5) is 5.69 Å². The van der Waals surface area contributed by atoms with Crippen LogP contribution in [-0.4, -0.2) is 30.4 Å². The van der Waals surface area contributed by atoms with Crippen LogP contribution in [0.1, 0.15) is 5.56 Å². The summed E-state index contributed by atoms with van der Waals surface area (Å²) in [5.41, 5.74) is 2.32. The van der Waals surface area contributed by atoms with Crippen molar-refractivity contribution >= 4 is 17.5 Å². The molecule has 2 aliphatic rings. The van der Waals surface area contributed by atoms with E-state index in [9.17, 15) is 9.59 Å². The Bertz CT molecular complexity index is 843. The molecule has 0 spiro atoms. The summed E-state index contributed by atoms with van der Waals surface area (Å²) in [4.78, 5) is 28.8. The van der Waals surface area contributed by atoms with Crippen molar-refractivity contribution in [3.05, 3.63) is 71.9 Å². The summed E-state index contributed by atoms with van der Waals surface area (Å²) in [6.45, 7) is 1.24. The number of carbonyl (C=O) groups excluding carboxylic acids is 2. The number of amides is 2. The third-order valence-electron chi connectivity index (χ3n) is 4.64. The summed E-state index contributed by atoms with van der Waals surface area (Å²) < 4.78 is 5.12. The number of anilines is 1. The average Bonchev–Trinajstić information content (AvgIpc) is 3.15. The fourth-order valence-electron chi connectivity index (χ4n) is 3.38. The first-order valence-electron chi connectivity index (χ1n) is 8.19. The molecule has 0 aliphatic carbocycles. The molecule has 2 aliphatic heterocycles. The van der Waals surface area contributed by atoms with Gasteiger partial charge in [0, 0.05) is 24.9 Å². The fourth-order valence-corrected chi connectivity index (χ4v) is 3.38.